The van der Waals surface area contributed by atoms with Crippen LogP contribution >= 0.6 is 0 Å². The summed E-state index contributed by atoms with van der Waals surface area (Å²) in [5.41, 5.74) is 11.8. The maximum Gasteiger partial charge on any atom is 0.328 e. The van der Waals surface area contributed by atoms with Crippen LogP contribution in [-0.4, -0.2) is 12.0 Å². The maximum absolute atomic E-state index is 11.5. The minimum Gasteiger partial charge on any atom is -0.425 e. The zero-order valence-electron chi connectivity index (χ0n) is 8.94. The van der Waals surface area contributed by atoms with Crippen molar-refractivity contribution < 1.29 is 9.53 Å². The van der Waals surface area contributed by atoms with Gasteiger partial charge in [0, 0.05) is 5.69 Å². The first-order chi connectivity index (χ1) is 7.00. The molecule has 0 aliphatic carbocycles. The summed E-state index contributed by atoms with van der Waals surface area (Å²) in [6, 6.07) is 6.02. The average molecular weight is 208 g/mol. The van der Waals surface area contributed by atoms with Crippen LogP contribution in [0.4, 0.5) is 5.69 Å². The molecule has 0 saturated carbocycles. The smallest absolute Gasteiger partial charge is 0.328 e. The van der Waals surface area contributed by atoms with Gasteiger partial charge in [-0.15, -0.1) is 0 Å². The lowest BCUT2D eigenvalue weighted by atomic mass is 10.1. The van der Waals surface area contributed by atoms with E-state index in [2.05, 4.69) is 0 Å². The Hall–Kier alpha value is -1.55. The minimum absolute atomic E-state index is 0.0614. The summed E-state index contributed by atoms with van der Waals surface area (Å²) in [5, 5.41) is 0. The molecule has 0 bridgehead atoms. The van der Waals surface area contributed by atoms with Crippen LogP contribution in [0.15, 0.2) is 24.3 Å². The van der Waals surface area contributed by atoms with E-state index in [0.29, 0.717) is 11.4 Å². The van der Waals surface area contributed by atoms with Crippen molar-refractivity contribution >= 4 is 11.7 Å². The van der Waals surface area contributed by atoms with Crippen molar-refractivity contribution in [1.29, 1.82) is 0 Å². The van der Waals surface area contributed by atoms with E-state index in [0.717, 1.165) is 0 Å². The van der Waals surface area contributed by atoms with Gasteiger partial charge in [0.25, 0.3) is 0 Å². The maximum atomic E-state index is 11.5. The van der Waals surface area contributed by atoms with Crippen molar-refractivity contribution in [3.05, 3.63) is 24.3 Å². The number of carbonyl (C=O) groups excluding carboxylic acids is 1. The van der Waals surface area contributed by atoms with Crippen LogP contribution in [0.3, 0.4) is 0 Å². The molecule has 0 fully saturated rings. The number of hydrogen-bond donors (Lipinski definition) is 2. The predicted octanol–water partition coefficient (Wildman–Crippen LogP) is 1.16. The summed E-state index contributed by atoms with van der Waals surface area (Å²) in [5.74, 6) is 0.103. The van der Waals surface area contributed by atoms with Crippen LogP contribution in [-0.2, 0) is 4.79 Å². The van der Waals surface area contributed by atoms with E-state index >= 15 is 0 Å². The van der Waals surface area contributed by atoms with Crippen LogP contribution in [0.1, 0.15) is 13.8 Å². The molecule has 1 unspecified atom stereocenters. The molecule has 0 amide bonds. The van der Waals surface area contributed by atoms with E-state index in [1.807, 2.05) is 13.8 Å². The lowest BCUT2D eigenvalue weighted by Crippen LogP contribution is -2.38. The van der Waals surface area contributed by atoms with Gasteiger partial charge in [-0.05, 0) is 30.2 Å². The first-order valence-electron chi connectivity index (χ1n) is 4.83. The molecular weight excluding hydrogens is 192 g/mol. The third-order valence-corrected chi connectivity index (χ3v) is 2.09. The van der Waals surface area contributed by atoms with E-state index in [4.69, 9.17) is 16.2 Å². The van der Waals surface area contributed by atoms with Gasteiger partial charge in [0.15, 0.2) is 0 Å². The van der Waals surface area contributed by atoms with Crippen molar-refractivity contribution in [2.45, 2.75) is 19.9 Å². The molecule has 1 rings (SSSR count). The van der Waals surface area contributed by atoms with Crippen molar-refractivity contribution in [1.82, 2.24) is 0 Å². The number of esters is 1. The molecule has 0 spiro atoms. The van der Waals surface area contributed by atoms with Gasteiger partial charge < -0.3 is 16.2 Å². The minimum atomic E-state index is -0.595. The average Bonchev–Trinajstić information content (AvgIpc) is 2.20. The molecule has 4 heteroatoms. The molecule has 0 radical (unpaired) electrons. The number of rotatable bonds is 3. The Morgan fingerprint density at radius 3 is 2.27 bits per heavy atom. The second-order valence-corrected chi connectivity index (χ2v) is 3.76. The van der Waals surface area contributed by atoms with Crippen LogP contribution in [0.2, 0.25) is 0 Å². The second-order valence-electron chi connectivity index (χ2n) is 3.76. The van der Waals surface area contributed by atoms with Gasteiger partial charge in [0.1, 0.15) is 11.8 Å². The third-order valence-electron chi connectivity index (χ3n) is 2.09. The van der Waals surface area contributed by atoms with Crippen molar-refractivity contribution in [2.24, 2.45) is 11.7 Å². The largest absolute Gasteiger partial charge is 0.425 e. The van der Waals surface area contributed by atoms with Crippen LogP contribution < -0.4 is 16.2 Å². The molecule has 4 nitrogen and oxygen atoms in total. The van der Waals surface area contributed by atoms with Gasteiger partial charge in [0.05, 0.1) is 0 Å². The zero-order valence-corrected chi connectivity index (χ0v) is 8.94. The molecule has 0 saturated heterocycles. The standard InChI is InChI=1S/C11H16N2O2/c1-7(2)10(13)11(14)15-9-5-3-8(12)4-6-9/h3-7,10H,12-13H2,1-2H3. The third kappa shape index (κ3) is 3.25. The number of nitrogen functional groups attached to an aromatic ring is 1. The normalized spacial score (nSPS) is 12.5. The van der Waals surface area contributed by atoms with Gasteiger partial charge >= 0.3 is 5.97 Å². The van der Waals surface area contributed by atoms with E-state index in [1.54, 1.807) is 24.3 Å². The summed E-state index contributed by atoms with van der Waals surface area (Å²) >= 11 is 0. The zero-order chi connectivity index (χ0) is 11.4. The van der Waals surface area contributed by atoms with Gasteiger partial charge in [-0.2, -0.15) is 0 Å². The number of ether oxygens (including phenoxy) is 1. The van der Waals surface area contributed by atoms with Crippen molar-refractivity contribution in [3.63, 3.8) is 0 Å². The monoisotopic (exact) mass is 208 g/mol. The summed E-state index contributed by atoms with van der Waals surface area (Å²) in [6.45, 7) is 3.74. The number of anilines is 1. The van der Waals surface area contributed by atoms with Gasteiger partial charge in [-0.25, -0.2) is 4.79 Å². The number of carbonyl (C=O) groups is 1. The fourth-order valence-electron chi connectivity index (χ4n) is 0.992. The SMILES string of the molecule is CC(C)C(N)C(=O)Oc1ccc(N)cc1. The number of nitrogens with two attached hydrogens (primary N) is 2. The molecule has 0 aliphatic rings. The Kier molecular flexibility index (Phi) is 3.68. The number of benzene rings is 1. The van der Waals surface area contributed by atoms with Crippen LogP contribution in [0, 0.1) is 5.92 Å². The highest BCUT2D eigenvalue weighted by molar-refractivity contribution is 5.78. The molecular formula is C11H16N2O2. The Morgan fingerprint density at radius 1 is 1.27 bits per heavy atom. The van der Waals surface area contributed by atoms with Gasteiger partial charge in [-0.1, -0.05) is 13.8 Å². The fourth-order valence-corrected chi connectivity index (χ4v) is 0.992. The van der Waals surface area contributed by atoms with Crippen LogP contribution in [0.5, 0.6) is 5.75 Å². The summed E-state index contributed by atoms with van der Waals surface area (Å²) in [6.07, 6.45) is 0. The lowest BCUT2D eigenvalue weighted by molar-refractivity contribution is -0.136. The van der Waals surface area contributed by atoms with E-state index < -0.39 is 12.0 Å². The van der Waals surface area contributed by atoms with Gasteiger partial charge in [-0.3, -0.25) is 0 Å². The fraction of sp³-hybridized carbons (Fsp3) is 0.364. The molecule has 82 valence electrons. The molecule has 15 heavy (non-hydrogen) atoms. The highest BCUT2D eigenvalue weighted by Crippen LogP contribution is 2.14. The Labute approximate surface area is 89.2 Å². The molecule has 0 aliphatic heterocycles. The Bertz CT molecular complexity index is 333. The first kappa shape index (κ1) is 11.5. The number of hydrogen-bond acceptors (Lipinski definition) is 4. The first-order valence-corrected chi connectivity index (χ1v) is 4.83. The summed E-state index contributed by atoms with van der Waals surface area (Å²) < 4.78 is 5.07. The molecule has 0 aromatic heterocycles. The molecule has 4 N–H and O–H groups in total. The van der Waals surface area contributed by atoms with Crippen molar-refractivity contribution in [3.8, 4) is 5.75 Å². The lowest BCUT2D eigenvalue weighted by Gasteiger charge is -2.14. The molecule has 0 heterocycles. The van der Waals surface area contributed by atoms with Gasteiger partial charge in [0.2, 0.25) is 0 Å². The quantitative estimate of drug-likeness (QED) is 0.444. The van der Waals surface area contributed by atoms with Crippen molar-refractivity contribution in [2.75, 3.05) is 5.73 Å². The van der Waals surface area contributed by atoms with Crippen LogP contribution in [0.25, 0.3) is 0 Å². The summed E-state index contributed by atoms with van der Waals surface area (Å²) in [7, 11) is 0. The predicted molar refractivity (Wildman–Crippen MR) is 59.3 cm³/mol. The molecule has 1 aromatic carbocycles. The second kappa shape index (κ2) is 4.79. The molecule has 1 aromatic rings. The Balaban J connectivity index is 2.62. The van der Waals surface area contributed by atoms with E-state index in [-0.39, 0.29) is 5.92 Å². The van der Waals surface area contributed by atoms with E-state index in [9.17, 15) is 4.79 Å². The Morgan fingerprint density at radius 2 is 1.80 bits per heavy atom. The topological polar surface area (TPSA) is 78.3 Å². The van der Waals surface area contributed by atoms with E-state index in [1.165, 1.54) is 0 Å². The highest BCUT2D eigenvalue weighted by atomic mass is 16.5. The highest BCUT2D eigenvalue weighted by Gasteiger charge is 2.19. The summed E-state index contributed by atoms with van der Waals surface area (Å²) in [4.78, 5) is 11.5. The molecule has 1 atom stereocenters.